The number of hydrogen-bond acceptors (Lipinski definition) is 2. The first kappa shape index (κ1) is 10.7. The van der Waals surface area contributed by atoms with Gasteiger partial charge in [-0.15, -0.1) is 0 Å². The molecule has 72 valence electrons. The summed E-state index contributed by atoms with van der Waals surface area (Å²) in [6.07, 6.45) is -0.312. The molecule has 0 fully saturated rings. The van der Waals surface area contributed by atoms with Crippen LogP contribution in [0.2, 0.25) is 0 Å². The van der Waals surface area contributed by atoms with Gasteiger partial charge in [-0.05, 0) is 33.6 Å². The van der Waals surface area contributed by atoms with Crippen molar-refractivity contribution in [2.75, 3.05) is 0 Å². The van der Waals surface area contributed by atoms with Gasteiger partial charge in [0, 0.05) is 0 Å². The van der Waals surface area contributed by atoms with Gasteiger partial charge in [0.2, 0.25) is 0 Å². The summed E-state index contributed by atoms with van der Waals surface area (Å²) < 4.78 is 13.2. The molecule has 0 aliphatic heterocycles. The molecule has 5 heteroatoms. The fourth-order valence-corrected chi connectivity index (χ4v) is 1.37. The molecule has 0 amide bonds. The van der Waals surface area contributed by atoms with Gasteiger partial charge in [0.25, 0.3) is 0 Å². The molecule has 1 aromatic carbocycles. The number of carbonyl (C=O) groups is 1. The summed E-state index contributed by atoms with van der Waals surface area (Å²) in [5, 5.41) is 17.1. The first-order valence-corrected chi connectivity index (χ1v) is 4.43. The number of aliphatic carboxylic acids is 1. The maximum absolute atomic E-state index is 13.1. The number of rotatable bonds is 2. The van der Waals surface area contributed by atoms with E-state index in [1.165, 1.54) is 6.07 Å². The average molecular weight is 258 g/mol. The van der Waals surface area contributed by atoms with E-state index in [9.17, 15) is 9.18 Å². The van der Waals surface area contributed by atoms with E-state index in [1.54, 1.807) is 6.07 Å². The smallest absolute Gasteiger partial charge is 0.307 e. The second kappa shape index (κ2) is 4.20. The van der Waals surface area contributed by atoms with Gasteiger partial charge in [-0.25, -0.2) is 4.39 Å². The Morgan fingerprint density at radius 1 is 1.64 bits per heavy atom. The average Bonchev–Trinajstić information content (AvgIpc) is 2.11. The second-order valence-electron chi connectivity index (χ2n) is 2.61. The number of nitrogens with zero attached hydrogens (tertiary/aromatic N) is 1. The summed E-state index contributed by atoms with van der Waals surface area (Å²) in [5.41, 5.74) is 0.371. The Labute approximate surface area is 87.9 Å². The molecule has 0 saturated carbocycles. The number of carboxylic acid groups (broad SMARTS) is 1. The normalized spacial score (nSPS) is 9.50. The van der Waals surface area contributed by atoms with Gasteiger partial charge in [-0.2, -0.15) is 5.26 Å². The van der Waals surface area contributed by atoms with Crippen molar-refractivity contribution in [3.8, 4) is 6.07 Å². The third-order valence-corrected chi connectivity index (χ3v) is 2.46. The van der Waals surface area contributed by atoms with Gasteiger partial charge < -0.3 is 5.11 Å². The van der Waals surface area contributed by atoms with Gasteiger partial charge in [0.15, 0.2) is 0 Å². The predicted octanol–water partition coefficient (Wildman–Crippen LogP) is 2.09. The van der Waals surface area contributed by atoms with E-state index >= 15 is 0 Å². The molecule has 0 heterocycles. The number of nitriles is 1. The van der Waals surface area contributed by atoms with E-state index in [-0.39, 0.29) is 22.0 Å². The molecule has 0 saturated heterocycles. The third kappa shape index (κ3) is 2.30. The molecule has 0 unspecified atom stereocenters. The highest BCUT2D eigenvalue weighted by molar-refractivity contribution is 9.10. The van der Waals surface area contributed by atoms with Crippen molar-refractivity contribution in [2.45, 2.75) is 6.42 Å². The maximum atomic E-state index is 13.1. The molecular formula is C9H5BrFNO2. The highest BCUT2D eigenvalue weighted by Gasteiger charge is 2.11. The fourth-order valence-electron chi connectivity index (χ4n) is 1.00. The lowest BCUT2D eigenvalue weighted by Gasteiger charge is -2.02. The molecule has 0 bridgehead atoms. The van der Waals surface area contributed by atoms with Gasteiger partial charge in [-0.3, -0.25) is 4.79 Å². The topological polar surface area (TPSA) is 61.1 Å². The largest absolute Gasteiger partial charge is 0.481 e. The van der Waals surface area contributed by atoms with Crippen LogP contribution in [-0.2, 0) is 11.2 Å². The van der Waals surface area contributed by atoms with Crippen LogP contribution in [0.5, 0.6) is 0 Å². The van der Waals surface area contributed by atoms with Crippen LogP contribution in [0.1, 0.15) is 11.1 Å². The summed E-state index contributed by atoms with van der Waals surface area (Å²) in [7, 11) is 0. The number of halogens is 2. The molecule has 0 aliphatic rings. The lowest BCUT2D eigenvalue weighted by atomic mass is 10.1. The van der Waals surface area contributed by atoms with Crippen molar-refractivity contribution >= 4 is 21.9 Å². The number of hydrogen-bond donors (Lipinski definition) is 1. The molecule has 14 heavy (non-hydrogen) atoms. The molecule has 0 aliphatic carbocycles. The van der Waals surface area contributed by atoms with Crippen LogP contribution >= 0.6 is 15.9 Å². The molecule has 1 aromatic rings. The van der Waals surface area contributed by atoms with Gasteiger partial charge in [0.1, 0.15) is 5.82 Å². The van der Waals surface area contributed by atoms with Crippen LogP contribution in [0.25, 0.3) is 0 Å². The Morgan fingerprint density at radius 2 is 2.29 bits per heavy atom. The summed E-state index contributed by atoms with van der Waals surface area (Å²) in [5.74, 6) is -1.69. The Kier molecular flexibility index (Phi) is 3.20. The Bertz CT molecular complexity index is 426. The number of carboxylic acids is 1. The minimum absolute atomic E-state index is 0.0962. The zero-order chi connectivity index (χ0) is 10.7. The van der Waals surface area contributed by atoms with E-state index in [0.717, 1.165) is 6.07 Å². The van der Waals surface area contributed by atoms with Crippen LogP contribution in [0.4, 0.5) is 4.39 Å². The lowest BCUT2D eigenvalue weighted by molar-refractivity contribution is -0.136. The standard InChI is InChI=1S/C9H5BrFNO2/c10-9-6(3-8(13)14)1-5(4-12)2-7(9)11/h1-2H,3H2,(H,13,14). The zero-order valence-corrected chi connectivity index (χ0v) is 8.51. The van der Waals surface area contributed by atoms with E-state index in [2.05, 4.69) is 15.9 Å². The van der Waals surface area contributed by atoms with Crippen molar-refractivity contribution < 1.29 is 14.3 Å². The molecule has 0 spiro atoms. The minimum atomic E-state index is -1.07. The fraction of sp³-hybridized carbons (Fsp3) is 0.111. The molecule has 0 aromatic heterocycles. The Hall–Kier alpha value is -1.41. The Balaban J connectivity index is 3.21. The molecule has 0 atom stereocenters. The molecular weight excluding hydrogens is 253 g/mol. The van der Waals surface area contributed by atoms with Crippen LogP contribution in [-0.4, -0.2) is 11.1 Å². The van der Waals surface area contributed by atoms with Gasteiger partial charge >= 0.3 is 5.97 Å². The highest BCUT2D eigenvalue weighted by Crippen LogP contribution is 2.22. The molecule has 0 radical (unpaired) electrons. The first-order valence-electron chi connectivity index (χ1n) is 3.64. The van der Waals surface area contributed by atoms with Crippen LogP contribution in [0, 0.1) is 17.1 Å². The highest BCUT2D eigenvalue weighted by atomic mass is 79.9. The summed E-state index contributed by atoms with van der Waals surface area (Å²) in [6.45, 7) is 0. The van der Waals surface area contributed by atoms with Crippen LogP contribution < -0.4 is 0 Å². The van der Waals surface area contributed by atoms with E-state index < -0.39 is 11.8 Å². The maximum Gasteiger partial charge on any atom is 0.307 e. The molecule has 3 nitrogen and oxygen atoms in total. The second-order valence-corrected chi connectivity index (χ2v) is 3.41. The number of benzene rings is 1. The van der Waals surface area contributed by atoms with Crippen LogP contribution in [0.15, 0.2) is 16.6 Å². The first-order chi connectivity index (χ1) is 6.54. The minimum Gasteiger partial charge on any atom is -0.481 e. The van der Waals surface area contributed by atoms with E-state index in [0.29, 0.717) is 0 Å². The quantitative estimate of drug-likeness (QED) is 0.883. The van der Waals surface area contributed by atoms with Crippen molar-refractivity contribution in [1.29, 1.82) is 5.26 Å². The van der Waals surface area contributed by atoms with Crippen molar-refractivity contribution in [1.82, 2.24) is 0 Å². The van der Waals surface area contributed by atoms with E-state index in [4.69, 9.17) is 10.4 Å². The van der Waals surface area contributed by atoms with Crippen molar-refractivity contribution in [2.24, 2.45) is 0 Å². The van der Waals surface area contributed by atoms with E-state index in [1.807, 2.05) is 0 Å². The van der Waals surface area contributed by atoms with Gasteiger partial charge in [0.05, 0.1) is 22.5 Å². The lowest BCUT2D eigenvalue weighted by Crippen LogP contribution is -2.02. The van der Waals surface area contributed by atoms with Crippen molar-refractivity contribution in [3.05, 3.63) is 33.5 Å². The monoisotopic (exact) mass is 257 g/mol. The summed E-state index contributed by atoms with van der Waals surface area (Å²) in [4.78, 5) is 10.4. The summed E-state index contributed by atoms with van der Waals surface area (Å²) >= 11 is 2.92. The zero-order valence-electron chi connectivity index (χ0n) is 6.92. The molecule has 1 N–H and O–H groups in total. The van der Waals surface area contributed by atoms with Crippen molar-refractivity contribution in [3.63, 3.8) is 0 Å². The summed E-state index contributed by atoms with van der Waals surface area (Å²) in [6, 6.07) is 4.15. The Morgan fingerprint density at radius 3 is 2.79 bits per heavy atom. The van der Waals surface area contributed by atoms with Crippen LogP contribution in [0.3, 0.4) is 0 Å². The van der Waals surface area contributed by atoms with Gasteiger partial charge in [-0.1, -0.05) is 0 Å². The third-order valence-electron chi connectivity index (χ3n) is 1.57. The molecule has 1 rings (SSSR count). The predicted molar refractivity (Wildman–Crippen MR) is 50.2 cm³/mol. The SMILES string of the molecule is N#Cc1cc(F)c(Br)c(CC(=O)O)c1.